The molecule has 0 aromatic heterocycles. The number of Topliss-reactive ketones (excluding diaryl/α,β-unsaturated/α-hetero) is 1. The molecule has 2 rings (SSSR count). The highest BCUT2D eigenvalue weighted by Crippen LogP contribution is 2.16. The molecule has 1 aliphatic rings. The Hall–Kier alpha value is -1.88. The van der Waals surface area contributed by atoms with Crippen molar-refractivity contribution in [1.29, 1.82) is 0 Å². The van der Waals surface area contributed by atoms with E-state index in [1.54, 1.807) is 17.0 Å². The predicted molar refractivity (Wildman–Crippen MR) is 84.9 cm³/mol. The van der Waals surface area contributed by atoms with Crippen molar-refractivity contribution in [2.24, 2.45) is 5.41 Å². The summed E-state index contributed by atoms with van der Waals surface area (Å²) < 4.78 is 5.33. The summed E-state index contributed by atoms with van der Waals surface area (Å²) in [5, 5.41) is 0. The molecule has 1 amide bonds. The molecule has 0 saturated carbocycles. The van der Waals surface area contributed by atoms with E-state index in [-0.39, 0.29) is 17.3 Å². The Labute approximate surface area is 131 Å². The molecule has 0 N–H and O–H groups in total. The van der Waals surface area contributed by atoms with Crippen LogP contribution in [0.2, 0.25) is 0 Å². The maximum absolute atomic E-state index is 12.1. The van der Waals surface area contributed by atoms with Gasteiger partial charge in [0, 0.05) is 31.6 Å². The summed E-state index contributed by atoms with van der Waals surface area (Å²) in [7, 11) is 0. The molecule has 5 heteroatoms. The van der Waals surface area contributed by atoms with Gasteiger partial charge in [-0.15, -0.1) is 0 Å². The summed E-state index contributed by atoms with van der Waals surface area (Å²) in [6.07, 6.45) is -0.326. The summed E-state index contributed by atoms with van der Waals surface area (Å²) in [6.45, 7) is 8.82. The van der Waals surface area contributed by atoms with Gasteiger partial charge in [-0.2, -0.15) is 0 Å². The van der Waals surface area contributed by atoms with E-state index in [0.29, 0.717) is 38.5 Å². The van der Waals surface area contributed by atoms with Crippen molar-refractivity contribution >= 4 is 11.9 Å². The Morgan fingerprint density at radius 1 is 1.05 bits per heavy atom. The smallest absolute Gasteiger partial charge is 0.410 e. The van der Waals surface area contributed by atoms with E-state index in [1.807, 2.05) is 39.0 Å². The van der Waals surface area contributed by atoms with E-state index >= 15 is 0 Å². The first-order chi connectivity index (χ1) is 10.4. The molecule has 1 aromatic carbocycles. The number of piperazine rings is 1. The minimum Gasteiger partial charge on any atom is -0.410 e. The fourth-order valence-corrected chi connectivity index (χ4v) is 2.18. The zero-order valence-corrected chi connectivity index (χ0v) is 13.5. The molecule has 0 unspecified atom stereocenters. The highest BCUT2D eigenvalue weighted by atomic mass is 16.6. The first-order valence-corrected chi connectivity index (χ1v) is 7.64. The quantitative estimate of drug-likeness (QED) is 0.860. The average Bonchev–Trinajstić information content (AvgIpc) is 2.48. The minimum atomic E-state index is -0.326. The number of para-hydroxylation sites is 1. The Bertz CT molecular complexity index is 514. The zero-order valence-electron chi connectivity index (χ0n) is 13.5. The van der Waals surface area contributed by atoms with Gasteiger partial charge in [0.1, 0.15) is 5.75 Å². The van der Waals surface area contributed by atoms with Crippen molar-refractivity contribution in [3.05, 3.63) is 30.3 Å². The first kappa shape index (κ1) is 16.5. The second kappa shape index (κ2) is 6.92. The number of benzene rings is 1. The predicted octanol–water partition coefficient (Wildman–Crippen LogP) is 2.42. The molecule has 1 fully saturated rings. The van der Waals surface area contributed by atoms with Crippen molar-refractivity contribution < 1.29 is 14.3 Å². The van der Waals surface area contributed by atoms with Crippen LogP contribution in [-0.2, 0) is 4.79 Å². The Balaban J connectivity index is 1.79. The van der Waals surface area contributed by atoms with Crippen LogP contribution in [0.1, 0.15) is 20.8 Å². The van der Waals surface area contributed by atoms with Crippen molar-refractivity contribution in [1.82, 2.24) is 9.80 Å². The van der Waals surface area contributed by atoms with Gasteiger partial charge in [0.25, 0.3) is 0 Å². The van der Waals surface area contributed by atoms with Gasteiger partial charge in [-0.25, -0.2) is 4.79 Å². The van der Waals surface area contributed by atoms with Gasteiger partial charge in [-0.3, -0.25) is 9.69 Å². The molecule has 0 radical (unpaired) electrons. The van der Waals surface area contributed by atoms with E-state index < -0.39 is 0 Å². The Kier molecular flexibility index (Phi) is 5.19. The van der Waals surface area contributed by atoms with Crippen LogP contribution in [0.15, 0.2) is 30.3 Å². The topological polar surface area (TPSA) is 49.9 Å². The Morgan fingerprint density at radius 2 is 1.64 bits per heavy atom. The maximum atomic E-state index is 12.1. The van der Waals surface area contributed by atoms with Crippen molar-refractivity contribution in [3.8, 4) is 5.75 Å². The second-order valence-electron chi connectivity index (χ2n) is 6.62. The molecule has 0 bridgehead atoms. The van der Waals surface area contributed by atoms with Crippen molar-refractivity contribution in [2.75, 3.05) is 32.7 Å². The number of hydrogen-bond acceptors (Lipinski definition) is 4. The number of amides is 1. The Morgan fingerprint density at radius 3 is 2.18 bits per heavy atom. The molecule has 5 nitrogen and oxygen atoms in total. The number of ketones is 1. The largest absolute Gasteiger partial charge is 0.415 e. The van der Waals surface area contributed by atoms with Crippen LogP contribution in [0.3, 0.4) is 0 Å². The SMILES string of the molecule is CC(C)(C)C(=O)CN1CCN(C(=O)Oc2ccccc2)CC1. The van der Waals surface area contributed by atoms with Crippen molar-refractivity contribution in [2.45, 2.75) is 20.8 Å². The standard InChI is InChI=1S/C17H24N2O3/c1-17(2,3)15(20)13-18-9-11-19(12-10-18)16(21)22-14-7-5-4-6-8-14/h4-8H,9-13H2,1-3H3. The summed E-state index contributed by atoms with van der Waals surface area (Å²) >= 11 is 0. The maximum Gasteiger partial charge on any atom is 0.415 e. The summed E-state index contributed by atoms with van der Waals surface area (Å²) in [5.41, 5.74) is -0.316. The highest BCUT2D eigenvalue weighted by molar-refractivity contribution is 5.85. The molecule has 0 spiro atoms. The van der Waals surface area contributed by atoms with Crippen LogP contribution in [0, 0.1) is 5.41 Å². The van der Waals surface area contributed by atoms with E-state index in [2.05, 4.69) is 4.90 Å². The lowest BCUT2D eigenvalue weighted by Gasteiger charge is -2.34. The van der Waals surface area contributed by atoms with Gasteiger partial charge in [0.05, 0.1) is 6.54 Å². The van der Waals surface area contributed by atoms with E-state index in [1.165, 1.54) is 0 Å². The molecular weight excluding hydrogens is 280 g/mol. The molecule has 1 aromatic rings. The van der Waals surface area contributed by atoms with Crippen molar-refractivity contribution in [3.63, 3.8) is 0 Å². The number of carbonyl (C=O) groups excluding carboxylic acids is 2. The third-order valence-electron chi connectivity index (χ3n) is 3.78. The lowest BCUT2D eigenvalue weighted by molar-refractivity contribution is -0.127. The number of rotatable bonds is 3. The highest BCUT2D eigenvalue weighted by Gasteiger charge is 2.27. The van der Waals surface area contributed by atoms with Gasteiger partial charge in [-0.1, -0.05) is 39.0 Å². The van der Waals surface area contributed by atoms with Gasteiger partial charge >= 0.3 is 6.09 Å². The monoisotopic (exact) mass is 304 g/mol. The number of hydrogen-bond donors (Lipinski definition) is 0. The van der Waals surface area contributed by atoms with E-state index in [0.717, 1.165) is 0 Å². The molecule has 1 heterocycles. The van der Waals surface area contributed by atoms with Gasteiger partial charge in [-0.05, 0) is 12.1 Å². The average molecular weight is 304 g/mol. The van der Waals surface area contributed by atoms with Crippen LogP contribution in [-0.4, -0.2) is 54.4 Å². The summed E-state index contributed by atoms with van der Waals surface area (Å²) in [6, 6.07) is 9.06. The molecule has 22 heavy (non-hydrogen) atoms. The van der Waals surface area contributed by atoms with Gasteiger partial charge in [0.2, 0.25) is 0 Å². The molecular formula is C17H24N2O3. The summed E-state index contributed by atoms with van der Waals surface area (Å²) in [5.74, 6) is 0.783. The molecule has 1 saturated heterocycles. The third kappa shape index (κ3) is 4.56. The number of carbonyl (C=O) groups is 2. The second-order valence-corrected chi connectivity index (χ2v) is 6.62. The molecule has 120 valence electrons. The fourth-order valence-electron chi connectivity index (χ4n) is 2.18. The zero-order chi connectivity index (χ0) is 16.2. The molecule has 1 aliphatic heterocycles. The lowest BCUT2D eigenvalue weighted by Crippen LogP contribution is -2.51. The number of nitrogens with zero attached hydrogens (tertiary/aromatic N) is 2. The molecule has 0 atom stereocenters. The summed E-state index contributed by atoms with van der Waals surface area (Å²) in [4.78, 5) is 27.9. The minimum absolute atomic E-state index is 0.229. The van der Waals surface area contributed by atoms with Crippen LogP contribution < -0.4 is 4.74 Å². The van der Waals surface area contributed by atoms with Crippen LogP contribution in [0.5, 0.6) is 5.75 Å². The van der Waals surface area contributed by atoms with Crippen LogP contribution in [0.4, 0.5) is 4.79 Å². The van der Waals surface area contributed by atoms with Gasteiger partial charge in [0.15, 0.2) is 5.78 Å². The number of ether oxygens (including phenoxy) is 1. The molecule has 0 aliphatic carbocycles. The van der Waals surface area contributed by atoms with E-state index in [9.17, 15) is 9.59 Å². The third-order valence-corrected chi connectivity index (χ3v) is 3.78. The lowest BCUT2D eigenvalue weighted by atomic mass is 9.90. The fraction of sp³-hybridized carbons (Fsp3) is 0.529. The van der Waals surface area contributed by atoms with Crippen LogP contribution >= 0.6 is 0 Å². The van der Waals surface area contributed by atoms with Crippen LogP contribution in [0.25, 0.3) is 0 Å². The normalized spacial score (nSPS) is 16.4. The van der Waals surface area contributed by atoms with Gasteiger partial charge < -0.3 is 9.64 Å². The van der Waals surface area contributed by atoms with E-state index in [4.69, 9.17) is 4.74 Å². The first-order valence-electron chi connectivity index (χ1n) is 7.64.